The number of anilines is 1. The summed E-state index contributed by atoms with van der Waals surface area (Å²) in [6.07, 6.45) is 7.55. The molecule has 3 rings (SSSR count). The van der Waals surface area contributed by atoms with E-state index >= 15 is 0 Å². The predicted molar refractivity (Wildman–Crippen MR) is 75.4 cm³/mol. The van der Waals surface area contributed by atoms with Crippen molar-refractivity contribution in [2.24, 2.45) is 0 Å². The van der Waals surface area contributed by atoms with Gasteiger partial charge in [-0.1, -0.05) is 6.08 Å². The molecule has 0 fully saturated rings. The number of aryl methyl sites for hydroxylation is 1. The van der Waals surface area contributed by atoms with Crippen LogP contribution in [0, 0.1) is 6.92 Å². The summed E-state index contributed by atoms with van der Waals surface area (Å²) in [6.45, 7) is 1.90. The first-order valence-corrected chi connectivity index (χ1v) is 6.49. The third kappa shape index (κ3) is 1.78. The van der Waals surface area contributed by atoms with Crippen LogP contribution in [0.15, 0.2) is 29.2 Å². The molecule has 0 bridgehead atoms. The number of hydrogen-bond acceptors (Lipinski definition) is 4. The summed E-state index contributed by atoms with van der Waals surface area (Å²) in [4.78, 5) is 8.78. The fraction of sp³-hybridized carbons (Fsp3) is 0.0769. The molecule has 3 aromatic rings. The number of hydrogen-bond donors (Lipinski definition) is 1. The van der Waals surface area contributed by atoms with E-state index in [4.69, 9.17) is 5.73 Å². The van der Waals surface area contributed by atoms with E-state index in [0.717, 1.165) is 17.0 Å². The number of fused-ring (bicyclic) bond motifs is 1. The van der Waals surface area contributed by atoms with Crippen LogP contribution in [0.3, 0.4) is 0 Å². The normalized spacial score (nSPS) is 11.6. The zero-order valence-corrected chi connectivity index (χ0v) is 10.7. The Labute approximate surface area is 108 Å². The van der Waals surface area contributed by atoms with Crippen LogP contribution >= 0.6 is 11.3 Å². The summed E-state index contributed by atoms with van der Waals surface area (Å²) in [5.74, 6) is 0.664. The average Bonchev–Trinajstić information content (AvgIpc) is 2.98. The number of nitrogens with two attached hydrogens (primary N) is 1. The maximum Gasteiger partial charge on any atom is 0.164 e. The van der Waals surface area contributed by atoms with E-state index in [1.54, 1.807) is 17.5 Å². The van der Waals surface area contributed by atoms with Crippen molar-refractivity contribution in [2.75, 3.05) is 5.73 Å². The molecule has 3 heterocycles. The highest BCUT2D eigenvalue weighted by Gasteiger charge is 2.07. The molecule has 0 saturated heterocycles. The number of nitrogen functional groups attached to an aromatic ring is 1. The highest BCUT2D eigenvalue weighted by Crippen LogP contribution is 2.18. The number of aromatic nitrogens is 3. The van der Waals surface area contributed by atoms with Gasteiger partial charge >= 0.3 is 0 Å². The molecule has 0 saturated carbocycles. The molecule has 0 spiro atoms. The van der Waals surface area contributed by atoms with Crippen LogP contribution in [0.5, 0.6) is 0 Å². The molecule has 4 nitrogen and oxygen atoms in total. The smallest absolute Gasteiger partial charge is 0.164 e. The molecule has 0 amide bonds. The largest absolute Gasteiger partial charge is 0.383 e. The van der Waals surface area contributed by atoms with E-state index < -0.39 is 0 Å². The SMILES string of the molecule is Cc1nc2c(/C=C/c3ccsc3)nccn2c1N. The van der Waals surface area contributed by atoms with Crippen LogP contribution in [0.2, 0.25) is 0 Å². The van der Waals surface area contributed by atoms with Crippen molar-refractivity contribution in [1.82, 2.24) is 14.4 Å². The van der Waals surface area contributed by atoms with Gasteiger partial charge in [0.1, 0.15) is 11.5 Å². The van der Waals surface area contributed by atoms with Gasteiger partial charge in [-0.2, -0.15) is 11.3 Å². The Hall–Kier alpha value is -2.14. The van der Waals surface area contributed by atoms with Crippen molar-refractivity contribution < 1.29 is 0 Å². The van der Waals surface area contributed by atoms with E-state index in [-0.39, 0.29) is 0 Å². The van der Waals surface area contributed by atoms with Gasteiger partial charge in [-0.05, 0) is 35.4 Å². The molecular formula is C13H12N4S. The molecule has 0 aliphatic heterocycles. The molecule has 5 heteroatoms. The van der Waals surface area contributed by atoms with E-state index in [1.165, 1.54) is 5.56 Å². The second-order valence-electron chi connectivity index (χ2n) is 3.98. The Morgan fingerprint density at radius 1 is 1.39 bits per heavy atom. The third-order valence-electron chi connectivity index (χ3n) is 2.77. The maximum absolute atomic E-state index is 5.95. The number of imidazole rings is 1. The molecule has 3 aromatic heterocycles. The van der Waals surface area contributed by atoms with Gasteiger partial charge < -0.3 is 5.73 Å². The van der Waals surface area contributed by atoms with Gasteiger partial charge in [-0.15, -0.1) is 0 Å². The zero-order chi connectivity index (χ0) is 12.5. The monoisotopic (exact) mass is 256 g/mol. The van der Waals surface area contributed by atoms with Gasteiger partial charge in [0.2, 0.25) is 0 Å². The summed E-state index contributed by atoms with van der Waals surface area (Å²) in [5.41, 5.74) is 9.56. The first-order chi connectivity index (χ1) is 8.75. The maximum atomic E-state index is 5.95. The van der Waals surface area contributed by atoms with E-state index in [1.807, 2.05) is 35.1 Å². The number of rotatable bonds is 2. The molecule has 90 valence electrons. The molecule has 0 atom stereocenters. The zero-order valence-electron chi connectivity index (χ0n) is 9.87. The minimum Gasteiger partial charge on any atom is -0.383 e. The van der Waals surface area contributed by atoms with Crippen molar-refractivity contribution in [1.29, 1.82) is 0 Å². The molecule has 18 heavy (non-hydrogen) atoms. The first-order valence-electron chi connectivity index (χ1n) is 5.55. The van der Waals surface area contributed by atoms with E-state index in [0.29, 0.717) is 5.82 Å². The summed E-state index contributed by atoms with van der Waals surface area (Å²) in [6, 6.07) is 2.06. The highest BCUT2D eigenvalue weighted by molar-refractivity contribution is 7.08. The molecular weight excluding hydrogens is 244 g/mol. The first kappa shape index (κ1) is 11.0. The van der Waals surface area contributed by atoms with Crippen molar-refractivity contribution in [2.45, 2.75) is 6.92 Å². The topological polar surface area (TPSA) is 56.2 Å². The lowest BCUT2D eigenvalue weighted by atomic mass is 10.3. The van der Waals surface area contributed by atoms with Gasteiger partial charge in [0.25, 0.3) is 0 Å². The molecule has 0 aliphatic rings. The van der Waals surface area contributed by atoms with Crippen LogP contribution in [0.1, 0.15) is 17.0 Å². The van der Waals surface area contributed by atoms with Crippen molar-refractivity contribution in [3.63, 3.8) is 0 Å². The summed E-state index contributed by atoms with van der Waals surface area (Å²) >= 11 is 1.67. The van der Waals surface area contributed by atoms with E-state index in [9.17, 15) is 0 Å². The van der Waals surface area contributed by atoms with Crippen LogP contribution in [0.4, 0.5) is 5.82 Å². The quantitative estimate of drug-likeness (QED) is 0.767. The van der Waals surface area contributed by atoms with Crippen molar-refractivity contribution in [3.05, 3.63) is 46.2 Å². The van der Waals surface area contributed by atoms with Gasteiger partial charge in [-0.25, -0.2) is 4.98 Å². The van der Waals surface area contributed by atoms with Gasteiger partial charge in [-0.3, -0.25) is 9.38 Å². The second kappa shape index (κ2) is 4.27. The minimum absolute atomic E-state index is 0.664. The van der Waals surface area contributed by atoms with Crippen LogP contribution in [-0.2, 0) is 0 Å². The Bertz CT molecular complexity index is 710. The van der Waals surface area contributed by atoms with Crippen LogP contribution < -0.4 is 5.73 Å². The molecule has 2 N–H and O–H groups in total. The standard InChI is InChI=1S/C13H12N4S/c1-9-12(14)17-6-5-15-11(13(17)16-9)3-2-10-4-7-18-8-10/h2-8H,14H2,1H3/b3-2+. The number of nitrogens with zero attached hydrogens (tertiary/aromatic N) is 3. The minimum atomic E-state index is 0.664. The fourth-order valence-corrected chi connectivity index (χ4v) is 2.42. The lowest BCUT2D eigenvalue weighted by Crippen LogP contribution is -1.95. The predicted octanol–water partition coefficient (Wildman–Crippen LogP) is 2.85. The number of thiophene rings is 1. The highest BCUT2D eigenvalue weighted by atomic mass is 32.1. The Morgan fingerprint density at radius 3 is 3.06 bits per heavy atom. The van der Waals surface area contributed by atoms with Gasteiger partial charge in [0.05, 0.1) is 5.69 Å². The second-order valence-corrected chi connectivity index (χ2v) is 4.76. The van der Waals surface area contributed by atoms with Gasteiger partial charge in [0, 0.05) is 12.4 Å². The molecule has 0 aliphatic carbocycles. The average molecular weight is 256 g/mol. The Kier molecular flexibility index (Phi) is 2.60. The lowest BCUT2D eigenvalue weighted by molar-refractivity contribution is 1.12. The van der Waals surface area contributed by atoms with E-state index in [2.05, 4.69) is 21.4 Å². The Balaban J connectivity index is 2.10. The molecule has 0 radical (unpaired) electrons. The summed E-state index contributed by atoms with van der Waals surface area (Å²) in [7, 11) is 0. The van der Waals surface area contributed by atoms with Crippen molar-refractivity contribution >= 4 is 35.0 Å². The Morgan fingerprint density at radius 2 is 2.28 bits per heavy atom. The molecule has 0 aromatic carbocycles. The summed E-state index contributed by atoms with van der Waals surface area (Å²) in [5, 5.41) is 4.13. The molecule has 0 unspecified atom stereocenters. The third-order valence-corrected chi connectivity index (χ3v) is 3.47. The van der Waals surface area contributed by atoms with Crippen LogP contribution in [0.25, 0.3) is 17.8 Å². The fourth-order valence-electron chi connectivity index (χ4n) is 1.79. The summed E-state index contributed by atoms with van der Waals surface area (Å²) < 4.78 is 1.86. The van der Waals surface area contributed by atoms with Gasteiger partial charge in [0.15, 0.2) is 5.65 Å². The lowest BCUT2D eigenvalue weighted by Gasteiger charge is -1.98. The van der Waals surface area contributed by atoms with Crippen molar-refractivity contribution in [3.8, 4) is 0 Å². The van der Waals surface area contributed by atoms with Crippen LogP contribution in [-0.4, -0.2) is 14.4 Å².